The van der Waals surface area contributed by atoms with Gasteiger partial charge in [0.25, 0.3) is 5.91 Å². The molecule has 3 amide bonds. The second kappa shape index (κ2) is 8.82. The number of halogens is 1. The quantitative estimate of drug-likeness (QED) is 0.649. The number of hydrogen-bond donors (Lipinski definition) is 1. The lowest BCUT2D eigenvalue weighted by atomic mass is 9.94. The van der Waals surface area contributed by atoms with Crippen LogP contribution >= 0.6 is 11.6 Å². The van der Waals surface area contributed by atoms with E-state index in [9.17, 15) is 14.4 Å². The number of carbonyl (C=O) groups excluding carboxylic acids is 3. The Labute approximate surface area is 199 Å². The largest absolute Gasteiger partial charge is 0.351 e. The van der Waals surface area contributed by atoms with E-state index < -0.39 is 11.2 Å². The maximum atomic E-state index is 13.3. The summed E-state index contributed by atoms with van der Waals surface area (Å²) in [7, 11) is 0. The molecule has 1 fully saturated rings. The fourth-order valence-electron chi connectivity index (χ4n) is 5.04. The van der Waals surface area contributed by atoms with Crippen molar-refractivity contribution in [2.45, 2.75) is 64.1 Å². The van der Waals surface area contributed by atoms with Gasteiger partial charge in [-0.25, -0.2) is 0 Å². The van der Waals surface area contributed by atoms with Crippen LogP contribution in [0.1, 0.15) is 62.4 Å². The number of benzene rings is 2. The van der Waals surface area contributed by atoms with Crippen molar-refractivity contribution in [1.82, 2.24) is 10.2 Å². The molecular formula is C26H30ClN3O3. The van der Waals surface area contributed by atoms with Gasteiger partial charge in [0.15, 0.2) is 0 Å². The van der Waals surface area contributed by atoms with E-state index in [0.29, 0.717) is 54.9 Å². The van der Waals surface area contributed by atoms with Crippen LogP contribution in [0.15, 0.2) is 48.5 Å². The average molecular weight is 468 g/mol. The molecule has 2 aromatic carbocycles. The van der Waals surface area contributed by atoms with Gasteiger partial charge in [0.2, 0.25) is 11.8 Å². The van der Waals surface area contributed by atoms with Gasteiger partial charge in [-0.1, -0.05) is 41.9 Å². The second-order valence-corrected chi connectivity index (χ2v) is 10.1. The Kier molecular flexibility index (Phi) is 6.23. The molecule has 0 radical (unpaired) electrons. The fourth-order valence-corrected chi connectivity index (χ4v) is 5.24. The van der Waals surface area contributed by atoms with E-state index >= 15 is 0 Å². The summed E-state index contributed by atoms with van der Waals surface area (Å²) in [6, 6.07) is 14.9. The van der Waals surface area contributed by atoms with Crippen molar-refractivity contribution in [3.8, 4) is 0 Å². The first-order valence-electron chi connectivity index (χ1n) is 11.4. The Morgan fingerprint density at radius 2 is 1.82 bits per heavy atom. The van der Waals surface area contributed by atoms with E-state index in [1.807, 2.05) is 63.2 Å². The van der Waals surface area contributed by atoms with E-state index in [-0.39, 0.29) is 17.7 Å². The van der Waals surface area contributed by atoms with E-state index in [1.54, 1.807) is 15.9 Å². The van der Waals surface area contributed by atoms with Crippen LogP contribution in [0.3, 0.4) is 0 Å². The van der Waals surface area contributed by atoms with Crippen LogP contribution in [0.4, 0.5) is 5.69 Å². The minimum Gasteiger partial charge on any atom is -0.351 e. The number of nitrogens with zero attached hydrogens (tertiary/aromatic N) is 2. The SMILES string of the molecule is CC(C)(Cc1ccccc1Cl)NC(=O)CCCN1C(=O)c2ccccc2N2C(=O)CCC12C. The summed E-state index contributed by atoms with van der Waals surface area (Å²) >= 11 is 6.28. The third-order valence-electron chi connectivity index (χ3n) is 6.60. The molecule has 1 saturated heterocycles. The zero-order valence-electron chi connectivity index (χ0n) is 19.4. The molecule has 0 spiro atoms. The normalized spacial score (nSPS) is 20.0. The summed E-state index contributed by atoms with van der Waals surface area (Å²) < 4.78 is 0. The molecule has 33 heavy (non-hydrogen) atoms. The molecule has 4 rings (SSSR count). The minimum absolute atomic E-state index is 0.0292. The van der Waals surface area contributed by atoms with Gasteiger partial charge >= 0.3 is 0 Å². The summed E-state index contributed by atoms with van der Waals surface area (Å²) in [6.07, 6.45) is 2.42. The third kappa shape index (κ3) is 4.49. The molecule has 2 heterocycles. The topological polar surface area (TPSA) is 69.7 Å². The van der Waals surface area contributed by atoms with Crippen LogP contribution in [0, 0.1) is 0 Å². The third-order valence-corrected chi connectivity index (χ3v) is 6.97. The first kappa shape index (κ1) is 23.3. The van der Waals surface area contributed by atoms with Gasteiger partial charge in [-0.05, 0) is 63.8 Å². The lowest BCUT2D eigenvalue weighted by Crippen LogP contribution is -2.62. The summed E-state index contributed by atoms with van der Waals surface area (Å²) in [6.45, 7) is 6.30. The van der Waals surface area contributed by atoms with Crippen molar-refractivity contribution < 1.29 is 14.4 Å². The molecule has 2 aliphatic rings. The molecule has 1 atom stereocenters. The molecule has 0 saturated carbocycles. The Hall–Kier alpha value is -2.86. The molecule has 174 valence electrons. The number of para-hydroxylation sites is 1. The smallest absolute Gasteiger partial charge is 0.257 e. The van der Waals surface area contributed by atoms with Gasteiger partial charge < -0.3 is 10.2 Å². The van der Waals surface area contributed by atoms with Crippen molar-refractivity contribution in [2.24, 2.45) is 0 Å². The van der Waals surface area contributed by atoms with Crippen molar-refractivity contribution in [2.75, 3.05) is 11.4 Å². The van der Waals surface area contributed by atoms with E-state index in [4.69, 9.17) is 11.6 Å². The molecular weight excluding hydrogens is 438 g/mol. The van der Waals surface area contributed by atoms with Crippen LogP contribution in [0.25, 0.3) is 0 Å². The standard InChI is InChI=1S/C26H30ClN3O3/c1-25(2,17-18-9-4-6-11-20(18)27)28-22(31)13-8-16-29-24(33)19-10-5-7-12-21(19)30-23(32)14-15-26(29,30)3/h4-7,9-12H,8,13-17H2,1-3H3,(H,28,31). The fraction of sp³-hybridized carbons (Fsp3) is 0.423. The Balaban J connectivity index is 1.40. The molecule has 2 aromatic rings. The first-order chi connectivity index (χ1) is 15.6. The second-order valence-electron chi connectivity index (χ2n) is 9.72. The van der Waals surface area contributed by atoms with Crippen molar-refractivity contribution >= 4 is 35.0 Å². The number of hydrogen-bond acceptors (Lipinski definition) is 3. The Morgan fingerprint density at radius 1 is 1.12 bits per heavy atom. The predicted molar refractivity (Wildman–Crippen MR) is 129 cm³/mol. The summed E-state index contributed by atoms with van der Waals surface area (Å²) in [4.78, 5) is 42.2. The molecule has 2 aliphatic heterocycles. The summed E-state index contributed by atoms with van der Waals surface area (Å²) in [5.74, 6) is -0.124. The molecule has 0 aromatic heterocycles. The van der Waals surface area contributed by atoms with Crippen LogP contribution in [-0.4, -0.2) is 40.4 Å². The molecule has 1 unspecified atom stereocenters. The lowest BCUT2D eigenvalue weighted by Gasteiger charge is -2.48. The van der Waals surface area contributed by atoms with Gasteiger partial charge in [-0.3, -0.25) is 19.3 Å². The predicted octanol–water partition coefficient (Wildman–Crippen LogP) is 4.56. The van der Waals surface area contributed by atoms with Crippen LogP contribution < -0.4 is 10.2 Å². The highest BCUT2D eigenvalue weighted by Gasteiger charge is 2.52. The van der Waals surface area contributed by atoms with Crippen molar-refractivity contribution in [3.05, 3.63) is 64.7 Å². The van der Waals surface area contributed by atoms with Gasteiger partial charge in [0.1, 0.15) is 5.66 Å². The van der Waals surface area contributed by atoms with E-state index in [0.717, 1.165) is 5.56 Å². The first-order valence-corrected chi connectivity index (χ1v) is 11.8. The molecule has 7 heteroatoms. The van der Waals surface area contributed by atoms with E-state index in [2.05, 4.69) is 5.32 Å². The van der Waals surface area contributed by atoms with Crippen LogP contribution in [0.5, 0.6) is 0 Å². The van der Waals surface area contributed by atoms with Crippen molar-refractivity contribution in [1.29, 1.82) is 0 Å². The highest BCUT2D eigenvalue weighted by atomic mass is 35.5. The molecule has 1 N–H and O–H groups in total. The Morgan fingerprint density at radius 3 is 2.58 bits per heavy atom. The van der Waals surface area contributed by atoms with Gasteiger partial charge in [0, 0.05) is 29.9 Å². The molecule has 0 bridgehead atoms. The zero-order valence-corrected chi connectivity index (χ0v) is 20.1. The van der Waals surface area contributed by atoms with Gasteiger partial charge in [0.05, 0.1) is 11.3 Å². The highest BCUT2D eigenvalue weighted by Crippen LogP contribution is 2.44. The van der Waals surface area contributed by atoms with Gasteiger partial charge in [-0.15, -0.1) is 0 Å². The molecule has 0 aliphatic carbocycles. The lowest BCUT2D eigenvalue weighted by molar-refractivity contribution is -0.123. The van der Waals surface area contributed by atoms with Crippen LogP contribution in [0.2, 0.25) is 5.02 Å². The summed E-state index contributed by atoms with van der Waals surface area (Å²) in [5.41, 5.74) is 1.06. The Bertz CT molecular complexity index is 1100. The maximum Gasteiger partial charge on any atom is 0.257 e. The summed E-state index contributed by atoms with van der Waals surface area (Å²) in [5, 5.41) is 3.78. The maximum absolute atomic E-state index is 13.3. The zero-order chi connectivity index (χ0) is 23.8. The number of nitrogens with one attached hydrogen (secondary N) is 1. The number of rotatable bonds is 7. The molecule has 6 nitrogen and oxygen atoms in total. The highest BCUT2D eigenvalue weighted by molar-refractivity contribution is 6.31. The number of anilines is 1. The van der Waals surface area contributed by atoms with Crippen molar-refractivity contribution in [3.63, 3.8) is 0 Å². The number of amides is 3. The average Bonchev–Trinajstić information content (AvgIpc) is 3.07. The number of carbonyl (C=O) groups is 3. The van der Waals surface area contributed by atoms with E-state index in [1.165, 1.54) is 0 Å². The minimum atomic E-state index is -0.692. The number of fused-ring (bicyclic) bond motifs is 3. The monoisotopic (exact) mass is 467 g/mol. The van der Waals surface area contributed by atoms with Crippen LogP contribution in [-0.2, 0) is 16.0 Å². The van der Waals surface area contributed by atoms with Gasteiger partial charge in [-0.2, -0.15) is 0 Å².